The van der Waals surface area contributed by atoms with Crippen LogP contribution in [-0.2, 0) is 0 Å². The Labute approximate surface area is 89.6 Å². The molecule has 2 N–H and O–H groups in total. The number of aromatic nitrogens is 1. The highest BCUT2D eigenvalue weighted by Gasteiger charge is 2.06. The lowest BCUT2D eigenvalue weighted by Gasteiger charge is -1.99. The van der Waals surface area contributed by atoms with E-state index in [9.17, 15) is 4.79 Å². The third-order valence-corrected chi connectivity index (χ3v) is 2.78. The molecule has 0 aliphatic rings. The van der Waals surface area contributed by atoms with Crippen molar-refractivity contribution in [3.8, 4) is 0 Å². The lowest BCUT2D eigenvalue weighted by Crippen LogP contribution is -2.17. The second kappa shape index (κ2) is 3.46. The molecule has 72 valence electrons. The van der Waals surface area contributed by atoms with E-state index in [0.717, 1.165) is 15.4 Å². The van der Waals surface area contributed by atoms with Gasteiger partial charge in [-0.2, -0.15) is 0 Å². The summed E-state index contributed by atoms with van der Waals surface area (Å²) in [6, 6.07) is 5.55. The molecule has 0 saturated carbocycles. The molecule has 0 unspecified atom stereocenters. The molecule has 2 rings (SSSR count). The predicted molar refractivity (Wildman–Crippen MR) is 59.4 cm³/mol. The fourth-order valence-electron chi connectivity index (χ4n) is 1.38. The molecule has 14 heavy (non-hydrogen) atoms. The quantitative estimate of drug-likeness (QED) is 0.804. The van der Waals surface area contributed by atoms with Crippen LogP contribution in [0, 0.1) is 0 Å². The molecule has 1 aromatic heterocycles. The van der Waals surface area contributed by atoms with E-state index >= 15 is 0 Å². The molecule has 4 heteroatoms. The average molecular weight is 253 g/mol. The maximum atomic E-state index is 11.3. The molecule has 3 nitrogen and oxygen atoms in total. The van der Waals surface area contributed by atoms with Crippen molar-refractivity contribution >= 4 is 32.7 Å². The molecule has 0 saturated heterocycles. The van der Waals surface area contributed by atoms with Crippen LogP contribution < -0.4 is 5.32 Å². The molecule has 1 heterocycles. The zero-order valence-electron chi connectivity index (χ0n) is 7.60. The van der Waals surface area contributed by atoms with Crippen LogP contribution in [0.25, 0.3) is 10.9 Å². The van der Waals surface area contributed by atoms with Gasteiger partial charge >= 0.3 is 0 Å². The van der Waals surface area contributed by atoms with Crippen LogP contribution in [-0.4, -0.2) is 17.9 Å². The van der Waals surface area contributed by atoms with Gasteiger partial charge in [0.15, 0.2) is 0 Å². The normalized spacial score (nSPS) is 10.4. The molecule has 0 aliphatic heterocycles. The maximum absolute atomic E-state index is 11.3. The molecule has 2 aromatic rings. The largest absolute Gasteiger partial charge is 0.360 e. The number of amides is 1. The standard InChI is InChI=1S/C10H9BrN2O/c1-12-10(14)6-2-3-7-8(11)5-13-9(7)4-6/h2-5,13H,1H3,(H,12,14). The van der Waals surface area contributed by atoms with E-state index in [1.54, 1.807) is 13.1 Å². The van der Waals surface area contributed by atoms with Crippen molar-refractivity contribution in [1.29, 1.82) is 0 Å². The van der Waals surface area contributed by atoms with E-state index < -0.39 is 0 Å². The van der Waals surface area contributed by atoms with Gasteiger partial charge in [0, 0.05) is 34.2 Å². The third-order valence-electron chi connectivity index (χ3n) is 2.12. The molecular weight excluding hydrogens is 244 g/mol. The Hall–Kier alpha value is -1.29. The van der Waals surface area contributed by atoms with Crippen molar-refractivity contribution in [1.82, 2.24) is 10.3 Å². The lowest BCUT2D eigenvalue weighted by atomic mass is 10.1. The van der Waals surface area contributed by atoms with Crippen LogP contribution >= 0.6 is 15.9 Å². The highest BCUT2D eigenvalue weighted by molar-refractivity contribution is 9.10. The lowest BCUT2D eigenvalue weighted by molar-refractivity contribution is 0.0963. The zero-order chi connectivity index (χ0) is 10.1. The van der Waals surface area contributed by atoms with Gasteiger partial charge in [0.2, 0.25) is 0 Å². The van der Waals surface area contributed by atoms with Gasteiger partial charge in [0.05, 0.1) is 0 Å². The van der Waals surface area contributed by atoms with Gasteiger partial charge in [-0.25, -0.2) is 0 Å². The number of rotatable bonds is 1. The summed E-state index contributed by atoms with van der Waals surface area (Å²) < 4.78 is 1.01. The van der Waals surface area contributed by atoms with Crippen LogP contribution in [0.2, 0.25) is 0 Å². The van der Waals surface area contributed by atoms with E-state index in [-0.39, 0.29) is 5.91 Å². The number of nitrogens with one attached hydrogen (secondary N) is 2. The average Bonchev–Trinajstić information content (AvgIpc) is 2.59. The van der Waals surface area contributed by atoms with Crippen LogP contribution in [0.3, 0.4) is 0 Å². The van der Waals surface area contributed by atoms with Crippen molar-refractivity contribution in [2.45, 2.75) is 0 Å². The zero-order valence-corrected chi connectivity index (χ0v) is 9.18. The molecule has 0 fully saturated rings. The highest BCUT2D eigenvalue weighted by atomic mass is 79.9. The van der Waals surface area contributed by atoms with Crippen molar-refractivity contribution in [3.05, 3.63) is 34.4 Å². The van der Waals surface area contributed by atoms with E-state index in [2.05, 4.69) is 26.2 Å². The summed E-state index contributed by atoms with van der Waals surface area (Å²) >= 11 is 3.41. The number of carbonyl (C=O) groups is 1. The summed E-state index contributed by atoms with van der Waals surface area (Å²) in [7, 11) is 1.62. The van der Waals surface area contributed by atoms with Gasteiger partial charge in [-0.1, -0.05) is 6.07 Å². The summed E-state index contributed by atoms with van der Waals surface area (Å²) in [5.74, 6) is -0.0716. The van der Waals surface area contributed by atoms with Crippen molar-refractivity contribution in [3.63, 3.8) is 0 Å². The van der Waals surface area contributed by atoms with Gasteiger partial charge in [-0.3, -0.25) is 4.79 Å². The summed E-state index contributed by atoms with van der Waals surface area (Å²) in [4.78, 5) is 14.4. The molecule has 0 atom stereocenters. The summed E-state index contributed by atoms with van der Waals surface area (Å²) in [6.07, 6.45) is 1.86. The van der Waals surface area contributed by atoms with Crippen LogP contribution in [0.4, 0.5) is 0 Å². The van der Waals surface area contributed by atoms with Gasteiger partial charge in [0.25, 0.3) is 5.91 Å². The number of aromatic amines is 1. The second-order valence-corrected chi connectivity index (χ2v) is 3.83. The molecule has 0 aliphatic carbocycles. The molecule has 0 bridgehead atoms. The minimum atomic E-state index is -0.0716. The van der Waals surface area contributed by atoms with Crippen molar-refractivity contribution < 1.29 is 4.79 Å². The fraction of sp³-hybridized carbons (Fsp3) is 0.100. The number of fused-ring (bicyclic) bond motifs is 1. The highest BCUT2D eigenvalue weighted by Crippen LogP contribution is 2.23. The number of hydrogen-bond donors (Lipinski definition) is 2. The predicted octanol–water partition coefficient (Wildman–Crippen LogP) is 2.29. The Bertz CT molecular complexity index is 490. The van der Waals surface area contributed by atoms with E-state index in [4.69, 9.17) is 0 Å². The molecular formula is C10H9BrN2O. The van der Waals surface area contributed by atoms with Crippen molar-refractivity contribution in [2.75, 3.05) is 7.05 Å². The van der Waals surface area contributed by atoms with E-state index in [0.29, 0.717) is 5.56 Å². The number of H-pyrrole nitrogens is 1. The molecule has 0 radical (unpaired) electrons. The first kappa shape index (κ1) is 9.27. The topological polar surface area (TPSA) is 44.9 Å². The Morgan fingerprint density at radius 1 is 1.50 bits per heavy atom. The third kappa shape index (κ3) is 1.42. The van der Waals surface area contributed by atoms with E-state index in [1.165, 1.54) is 0 Å². The summed E-state index contributed by atoms with van der Waals surface area (Å²) in [6.45, 7) is 0. The number of benzene rings is 1. The smallest absolute Gasteiger partial charge is 0.251 e. The molecule has 1 aromatic carbocycles. The van der Waals surface area contributed by atoms with Crippen LogP contribution in [0.15, 0.2) is 28.9 Å². The van der Waals surface area contributed by atoms with Gasteiger partial charge in [-0.05, 0) is 28.1 Å². The van der Waals surface area contributed by atoms with Crippen LogP contribution in [0.1, 0.15) is 10.4 Å². The van der Waals surface area contributed by atoms with Gasteiger partial charge in [0.1, 0.15) is 0 Å². The Balaban J connectivity index is 2.57. The van der Waals surface area contributed by atoms with E-state index in [1.807, 2.05) is 18.3 Å². The fourth-order valence-corrected chi connectivity index (χ4v) is 1.84. The SMILES string of the molecule is CNC(=O)c1ccc2c(Br)c[nH]c2c1. The Morgan fingerprint density at radius 2 is 2.29 bits per heavy atom. The monoisotopic (exact) mass is 252 g/mol. The number of carbonyl (C=O) groups excluding carboxylic acids is 1. The van der Waals surface area contributed by atoms with Gasteiger partial charge in [-0.15, -0.1) is 0 Å². The first-order valence-electron chi connectivity index (χ1n) is 4.21. The molecule has 1 amide bonds. The molecule has 0 spiro atoms. The summed E-state index contributed by atoms with van der Waals surface area (Å²) in [5.41, 5.74) is 1.62. The minimum absolute atomic E-state index is 0.0716. The van der Waals surface area contributed by atoms with Crippen LogP contribution in [0.5, 0.6) is 0 Å². The number of hydrogen-bond acceptors (Lipinski definition) is 1. The van der Waals surface area contributed by atoms with Crippen molar-refractivity contribution in [2.24, 2.45) is 0 Å². The van der Waals surface area contributed by atoms with Gasteiger partial charge < -0.3 is 10.3 Å². The number of halogens is 1. The second-order valence-electron chi connectivity index (χ2n) is 2.98. The minimum Gasteiger partial charge on any atom is -0.360 e. The maximum Gasteiger partial charge on any atom is 0.251 e. The Kier molecular flexibility index (Phi) is 2.29. The first-order chi connectivity index (χ1) is 6.72. The first-order valence-corrected chi connectivity index (χ1v) is 5.00. The summed E-state index contributed by atoms with van der Waals surface area (Å²) in [5, 5.41) is 3.67. The Morgan fingerprint density at radius 3 is 3.00 bits per heavy atom.